The predicted octanol–water partition coefficient (Wildman–Crippen LogP) is 5.28. The maximum atomic E-state index is 13.8. The number of fused-ring (bicyclic) bond motifs is 1. The molecule has 6 heteroatoms. The van der Waals surface area contributed by atoms with Crippen LogP contribution in [0.25, 0.3) is 0 Å². The van der Waals surface area contributed by atoms with Crippen molar-refractivity contribution < 1.29 is 19.1 Å². The quantitative estimate of drug-likeness (QED) is 0.265. The summed E-state index contributed by atoms with van der Waals surface area (Å²) in [5.74, 6) is -1.95. The molecular weight excluding hydrogens is 512 g/mol. The smallest absolute Gasteiger partial charge is 0.329 e. The molecule has 0 heterocycles. The molecule has 0 fully saturated rings. The van der Waals surface area contributed by atoms with E-state index in [9.17, 15) is 14.4 Å². The molecule has 4 aromatic carbocycles. The number of hydrogen-bond acceptors (Lipinski definition) is 4. The van der Waals surface area contributed by atoms with Crippen molar-refractivity contribution in [1.82, 2.24) is 10.6 Å². The van der Waals surface area contributed by atoms with Gasteiger partial charge >= 0.3 is 5.97 Å². The molecule has 41 heavy (non-hydrogen) atoms. The lowest BCUT2D eigenvalue weighted by atomic mass is 9.88. The normalized spacial score (nSPS) is 14.9. The van der Waals surface area contributed by atoms with Gasteiger partial charge in [0.25, 0.3) is 5.91 Å². The third kappa shape index (κ3) is 7.28. The molecule has 2 atom stereocenters. The third-order valence-corrected chi connectivity index (χ3v) is 7.46. The molecule has 0 aliphatic heterocycles. The largest absolute Gasteiger partial charge is 0.454 e. The first kappa shape index (κ1) is 27.8. The number of aryl methyl sites for hydroxylation is 1. The highest BCUT2D eigenvalue weighted by Crippen LogP contribution is 2.29. The maximum Gasteiger partial charge on any atom is 0.329 e. The van der Waals surface area contributed by atoms with E-state index in [1.807, 2.05) is 109 Å². The minimum atomic E-state index is -0.969. The summed E-state index contributed by atoms with van der Waals surface area (Å²) in [4.78, 5) is 40.0. The van der Waals surface area contributed by atoms with Gasteiger partial charge in [-0.05, 0) is 47.1 Å². The molecule has 0 bridgehead atoms. The molecule has 4 aromatic rings. The fourth-order valence-electron chi connectivity index (χ4n) is 5.46. The maximum absolute atomic E-state index is 13.8. The second kappa shape index (κ2) is 13.6. The van der Waals surface area contributed by atoms with Crippen LogP contribution >= 0.6 is 0 Å². The van der Waals surface area contributed by atoms with Gasteiger partial charge in [0, 0.05) is 6.42 Å². The number of hydrogen-bond donors (Lipinski definition) is 2. The molecule has 2 N–H and O–H groups in total. The lowest BCUT2D eigenvalue weighted by Crippen LogP contribution is -2.46. The van der Waals surface area contributed by atoms with Crippen LogP contribution in [0.5, 0.6) is 0 Å². The Morgan fingerprint density at radius 2 is 1.34 bits per heavy atom. The predicted molar refractivity (Wildman–Crippen MR) is 158 cm³/mol. The van der Waals surface area contributed by atoms with Gasteiger partial charge in [0.2, 0.25) is 5.91 Å². The molecule has 2 amide bonds. The van der Waals surface area contributed by atoms with Gasteiger partial charge in [-0.3, -0.25) is 9.59 Å². The number of nitrogens with one attached hydrogen (secondary N) is 2. The summed E-state index contributed by atoms with van der Waals surface area (Å²) < 4.78 is 5.49. The summed E-state index contributed by atoms with van der Waals surface area (Å²) in [7, 11) is 0. The van der Waals surface area contributed by atoms with Crippen molar-refractivity contribution in [2.45, 2.75) is 43.7 Å². The molecule has 6 nitrogen and oxygen atoms in total. The lowest BCUT2D eigenvalue weighted by molar-refractivity contribution is -0.151. The second-order valence-electron chi connectivity index (χ2n) is 10.3. The Morgan fingerprint density at radius 1 is 0.756 bits per heavy atom. The summed E-state index contributed by atoms with van der Waals surface area (Å²) >= 11 is 0. The molecule has 0 radical (unpaired) electrons. The van der Waals surface area contributed by atoms with Gasteiger partial charge in [-0.25, -0.2) is 4.79 Å². The van der Waals surface area contributed by atoms with Crippen LogP contribution < -0.4 is 10.6 Å². The van der Waals surface area contributed by atoms with E-state index in [2.05, 4.69) is 16.7 Å². The van der Waals surface area contributed by atoms with Crippen molar-refractivity contribution in [2.75, 3.05) is 6.61 Å². The molecule has 0 spiro atoms. The van der Waals surface area contributed by atoms with E-state index in [0.29, 0.717) is 0 Å². The Hall–Kier alpha value is -4.71. The number of benzene rings is 4. The molecule has 0 aromatic heterocycles. The van der Waals surface area contributed by atoms with Gasteiger partial charge in [-0.1, -0.05) is 115 Å². The van der Waals surface area contributed by atoms with Crippen LogP contribution in [-0.4, -0.2) is 30.4 Å². The standard InChI is InChI=1S/C35H34N2O4/c38-32(36-30-22-12-20-26-15-10-11-21-29(26)30)24-41-35(40)31(23-25-13-4-1-5-14-25)37-34(39)33(27-16-6-2-7-17-27)28-18-8-3-9-19-28/h1-11,13-19,21,30-31,33H,12,20,22-24H2,(H,36,38)(H,37,39). The fraction of sp³-hybridized carbons (Fsp3) is 0.229. The van der Waals surface area contributed by atoms with Crippen LogP contribution in [0.15, 0.2) is 115 Å². The Morgan fingerprint density at radius 3 is 2.00 bits per heavy atom. The Kier molecular flexibility index (Phi) is 9.22. The summed E-state index contributed by atoms with van der Waals surface area (Å²) in [6, 6.07) is 35.4. The average Bonchev–Trinajstić information content (AvgIpc) is 3.01. The van der Waals surface area contributed by atoms with Crippen LogP contribution in [0.4, 0.5) is 0 Å². The summed E-state index contributed by atoms with van der Waals surface area (Å²) in [5, 5.41) is 5.95. The third-order valence-electron chi connectivity index (χ3n) is 7.46. The average molecular weight is 547 g/mol. The van der Waals surface area contributed by atoms with E-state index >= 15 is 0 Å². The van der Waals surface area contributed by atoms with Crippen molar-refractivity contribution in [3.63, 3.8) is 0 Å². The Labute approximate surface area is 240 Å². The van der Waals surface area contributed by atoms with Crippen LogP contribution in [-0.2, 0) is 32.0 Å². The van der Waals surface area contributed by atoms with Gasteiger partial charge < -0.3 is 15.4 Å². The van der Waals surface area contributed by atoms with Crippen LogP contribution in [0.2, 0.25) is 0 Å². The number of carbonyl (C=O) groups is 3. The minimum absolute atomic E-state index is 0.108. The molecule has 1 aliphatic carbocycles. The first-order valence-corrected chi connectivity index (χ1v) is 14.1. The van der Waals surface area contributed by atoms with Crippen LogP contribution in [0, 0.1) is 0 Å². The number of rotatable bonds is 10. The number of carbonyl (C=O) groups excluding carboxylic acids is 3. The molecule has 5 rings (SSSR count). The first-order chi connectivity index (χ1) is 20.1. The number of ether oxygens (including phenoxy) is 1. The van der Waals surface area contributed by atoms with E-state index in [1.165, 1.54) is 5.56 Å². The van der Waals surface area contributed by atoms with Crippen molar-refractivity contribution in [3.8, 4) is 0 Å². The molecule has 0 saturated carbocycles. The van der Waals surface area contributed by atoms with Gasteiger partial charge in [0.15, 0.2) is 6.61 Å². The highest BCUT2D eigenvalue weighted by atomic mass is 16.5. The van der Waals surface area contributed by atoms with Crippen molar-refractivity contribution in [1.29, 1.82) is 0 Å². The zero-order valence-electron chi connectivity index (χ0n) is 22.9. The van der Waals surface area contributed by atoms with Crippen molar-refractivity contribution in [2.24, 2.45) is 0 Å². The number of amides is 2. The summed E-state index contributed by atoms with van der Waals surface area (Å²) in [6.07, 6.45) is 3.05. The molecule has 0 saturated heterocycles. The monoisotopic (exact) mass is 546 g/mol. The molecule has 1 aliphatic rings. The van der Waals surface area contributed by atoms with Crippen LogP contribution in [0.3, 0.4) is 0 Å². The van der Waals surface area contributed by atoms with Gasteiger partial charge in [0.1, 0.15) is 6.04 Å². The van der Waals surface area contributed by atoms with E-state index in [4.69, 9.17) is 4.74 Å². The van der Waals surface area contributed by atoms with E-state index in [1.54, 1.807) is 0 Å². The van der Waals surface area contributed by atoms with E-state index in [-0.39, 0.29) is 24.3 Å². The van der Waals surface area contributed by atoms with Crippen molar-refractivity contribution in [3.05, 3.63) is 143 Å². The fourth-order valence-corrected chi connectivity index (χ4v) is 5.46. The van der Waals surface area contributed by atoms with Crippen LogP contribution in [0.1, 0.15) is 52.6 Å². The molecular formula is C35H34N2O4. The van der Waals surface area contributed by atoms with Gasteiger partial charge in [0.05, 0.1) is 12.0 Å². The van der Waals surface area contributed by atoms with Crippen molar-refractivity contribution >= 4 is 17.8 Å². The zero-order chi connectivity index (χ0) is 28.4. The lowest BCUT2D eigenvalue weighted by Gasteiger charge is -2.26. The second-order valence-corrected chi connectivity index (χ2v) is 10.3. The van der Waals surface area contributed by atoms with E-state index in [0.717, 1.165) is 41.5 Å². The first-order valence-electron chi connectivity index (χ1n) is 14.1. The highest BCUT2D eigenvalue weighted by molar-refractivity contribution is 5.91. The van der Waals surface area contributed by atoms with Gasteiger partial charge in [-0.2, -0.15) is 0 Å². The highest BCUT2D eigenvalue weighted by Gasteiger charge is 2.30. The Bertz CT molecular complexity index is 1420. The van der Waals surface area contributed by atoms with E-state index < -0.39 is 24.5 Å². The Balaban J connectivity index is 1.29. The summed E-state index contributed by atoms with van der Waals surface area (Å²) in [5.41, 5.74) is 4.85. The topological polar surface area (TPSA) is 84.5 Å². The molecule has 2 unspecified atom stereocenters. The SMILES string of the molecule is O=C(COC(=O)C(Cc1ccccc1)NC(=O)C(c1ccccc1)c1ccccc1)NC1CCCc2ccccc21. The molecule has 208 valence electrons. The minimum Gasteiger partial charge on any atom is -0.454 e. The number of esters is 1. The zero-order valence-corrected chi connectivity index (χ0v) is 22.9. The van der Waals surface area contributed by atoms with Gasteiger partial charge in [-0.15, -0.1) is 0 Å². The summed E-state index contributed by atoms with van der Waals surface area (Å²) in [6.45, 7) is -0.417.